The van der Waals surface area contributed by atoms with Gasteiger partial charge in [0, 0.05) is 17.7 Å². The molecule has 1 atom stereocenters. The van der Waals surface area contributed by atoms with Crippen LogP contribution in [0.15, 0.2) is 72.8 Å². The maximum atomic E-state index is 13.1. The summed E-state index contributed by atoms with van der Waals surface area (Å²) < 4.78 is 11.0. The van der Waals surface area contributed by atoms with Crippen molar-refractivity contribution in [1.82, 2.24) is 0 Å². The number of anilines is 1. The lowest BCUT2D eigenvalue weighted by atomic mass is 10.1. The molecule has 0 radical (unpaired) electrons. The summed E-state index contributed by atoms with van der Waals surface area (Å²) in [4.78, 5) is 25.7. The summed E-state index contributed by atoms with van der Waals surface area (Å²) in [7, 11) is 1.60. The lowest BCUT2D eigenvalue weighted by molar-refractivity contribution is -0.154. The van der Waals surface area contributed by atoms with E-state index in [0.717, 1.165) is 22.4 Å². The summed E-state index contributed by atoms with van der Waals surface area (Å²) in [5.74, 6) is -0.107. The van der Waals surface area contributed by atoms with Gasteiger partial charge in [-0.3, -0.25) is 9.59 Å². The fraction of sp³-hybridized carbons (Fsp3) is 0.231. The van der Waals surface area contributed by atoms with E-state index in [9.17, 15) is 9.59 Å². The number of hydrogen-bond acceptors (Lipinski definition) is 4. The number of amides is 1. The van der Waals surface area contributed by atoms with Gasteiger partial charge >= 0.3 is 5.97 Å². The molecule has 0 saturated carbocycles. The van der Waals surface area contributed by atoms with Crippen molar-refractivity contribution in [2.45, 2.75) is 32.8 Å². The Labute approximate surface area is 183 Å². The minimum Gasteiger partial charge on any atom is -0.496 e. The summed E-state index contributed by atoms with van der Waals surface area (Å²) in [6.45, 7) is 3.88. The Bertz CT molecular complexity index is 1050. The molecule has 5 heteroatoms. The number of aryl methyl sites for hydroxylation is 3. The fourth-order valence-corrected chi connectivity index (χ4v) is 3.31. The minimum atomic E-state index is -1.04. The highest BCUT2D eigenvalue weighted by Crippen LogP contribution is 2.24. The van der Waals surface area contributed by atoms with Gasteiger partial charge in [-0.2, -0.15) is 0 Å². The van der Waals surface area contributed by atoms with Gasteiger partial charge in [-0.05, 0) is 49.1 Å². The van der Waals surface area contributed by atoms with Gasteiger partial charge in [0.25, 0.3) is 5.91 Å². The molecule has 5 nitrogen and oxygen atoms in total. The summed E-state index contributed by atoms with van der Waals surface area (Å²) >= 11 is 0. The van der Waals surface area contributed by atoms with Gasteiger partial charge in [-0.25, -0.2) is 0 Å². The lowest BCUT2D eigenvalue weighted by Crippen LogP contribution is -2.26. The number of hydrogen-bond donors (Lipinski definition) is 1. The van der Waals surface area contributed by atoms with Crippen LogP contribution in [0.3, 0.4) is 0 Å². The van der Waals surface area contributed by atoms with Crippen molar-refractivity contribution in [3.63, 3.8) is 0 Å². The normalized spacial score (nSPS) is 11.5. The topological polar surface area (TPSA) is 64.6 Å². The minimum absolute atomic E-state index is 0.139. The van der Waals surface area contributed by atoms with E-state index >= 15 is 0 Å². The molecule has 0 aromatic heterocycles. The van der Waals surface area contributed by atoms with Crippen LogP contribution in [-0.4, -0.2) is 19.0 Å². The number of para-hydroxylation sites is 1. The maximum Gasteiger partial charge on any atom is 0.307 e. The highest BCUT2D eigenvalue weighted by molar-refractivity contribution is 5.96. The SMILES string of the molecule is COc1ccccc1CCC(=O)OC(C(=O)Nc1cc(C)ccc1C)c1ccccc1. The maximum absolute atomic E-state index is 13.1. The number of nitrogens with one attached hydrogen (secondary N) is 1. The van der Waals surface area contributed by atoms with Crippen molar-refractivity contribution in [1.29, 1.82) is 0 Å². The number of esters is 1. The highest BCUT2D eigenvalue weighted by atomic mass is 16.5. The third kappa shape index (κ3) is 5.95. The predicted molar refractivity (Wildman–Crippen MR) is 121 cm³/mol. The molecule has 160 valence electrons. The molecule has 0 heterocycles. The quantitative estimate of drug-likeness (QED) is 0.514. The van der Waals surface area contributed by atoms with Crippen molar-refractivity contribution in [3.05, 3.63) is 95.1 Å². The second-order valence-corrected chi connectivity index (χ2v) is 7.40. The molecule has 3 rings (SSSR count). The van der Waals surface area contributed by atoms with E-state index in [1.165, 1.54) is 0 Å². The third-order valence-electron chi connectivity index (χ3n) is 5.03. The number of carbonyl (C=O) groups is 2. The van der Waals surface area contributed by atoms with Gasteiger partial charge in [0.1, 0.15) is 5.75 Å². The smallest absolute Gasteiger partial charge is 0.307 e. The predicted octanol–water partition coefficient (Wildman–Crippen LogP) is 5.17. The molecule has 0 saturated heterocycles. The van der Waals surface area contributed by atoms with Crippen LogP contribution < -0.4 is 10.1 Å². The first kappa shape index (κ1) is 22.1. The molecule has 0 aliphatic heterocycles. The van der Waals surface area contributed by atoms with Gasteiger partial charge in [-0.1, -0.05) is 60.7 Å². The second-order valence-electron chi connectivity index (χ2n) is 7.40. The van der Waals surface area contributed by atoms with E-state index in [1.807, 2.05) is 74.5 Å². The Balaban J connectivity index is 1.74. The Morgan fingerprint density at radius 1 is 0.935 bits per heavy atom. The molecule has 0 bridgehead atoms. The van der Waals surface area contributed by atoms with Crippen LogP contribution >= 0.6 is 0 Å². The Morgan fingerprint density at radius 3 is 2.39 bits per heavy atom. The molecule has 31 heavy (non-hydrogen) atoms. The number of ether oxygens (including phenoxy) is 2. The molecule has 0 spiro atoms. The monoisotopic (exact) mass is 417 g/mol. The molecule has 3 aromatic carbocycles. The van der Waals surface area contributed by atoms with E-state index < -0.39 is 12.1 Å². The van der Waals surface area contributed by atoms with Crippen LogP contribution in [0.25, 0.3) is 0 Å². The van der Waals surface area contributed by atoms with E-state index in [2.05, 4.69) is 5.32 Å². The van der Waals surface area contributed by atoms with Crippen LogP contribution in [0.1, 0.15) is 34.8 Å². The molecular weight excluding hydrogens is 390 g/mol. The van der Waals surface area contributed by atoms with E-state index in [4.69, 9.17) is 9.47 Å². The van der Waals surface area contributed by atoms with Crippen LogP contribution in [-0.2, 0) is 20.7 Å². The second kappa shape index (κ2) is 10.4. The molecule has 0 aliphatic carbocycles. The van der Waals surface area contributed by atoms with E-state index in [0.29, 0.717) is 17.7 Å². The largest absolute Gasteiger partial charge is 0.496 e. The zero-order chi connectivity index (χ0) is 22.2. The zero-order valence-electron chi connectivity index (χ0n) is 18.1. The van der Waals surface area contributed by atoms with Crippen molar-refractivity contribution < 1.29 is 19.1 Å². The highest BCUT2D eigenvalue weighted by Gasteiger charge is 2.25. The number of methoxy groups -OCH3 is 1. The number of carbonyl (C=O) groups excluding carboxylic acids is 2. The first-order valence-electron chi connectivity index (χ1n) is 10.2. The van der Waals surface area contributed by atoms with Crippen LogP contribution in [0.5, 0.6) is 5.75 Å². The first-order valence-corrected chi connectivity index (χ1v) is 10.2. The van der Waals surface area contributed by atoms with Crippen LogP contribution in [0.4, 0.5) is 5.69 Å². The van der Waals surface area contributed by atoms with Crippen LogP contribution in [0, 0.1) is 13.8 Å². The van der Waals surface area contributed by atoms with Gasteiger partial charge in [0.15, 0.2) is 0 Å². The first-order chi connectivity index (χ1) is 15.0. The van der Waals surface area contributed by atoms with E-state index in [1.54, 1.807) is 19.2 Å². The fourth-order valence-electron chi connectivity index (χ4n) is 3.31. The number of rotatable bonds is 8. The van der Waals surface area contributed by atoms with Crippen molar-refractivity contribution in [3.8, 4) is 5.75 Å². The molecule has 0 aliphatic rings. The molecule has 1 unspecified atom stereocenters. The number of benzene rings is 3. The van der Waals surface area contributed by atoms with Gasteiger partial charge < -0.3 is 14.8 Å². The molecular formula is C26H27NO4. The summed E-state index contributed by atoms with van der Waals surface area (Å²) in [6.07, 6.45) is -0.435. The van der Waals surface area contributed by atoms with Gasteiger partial charge in [0.2, 0.25) is 6.10 Å². The average molecular weight is 418 g/mol. The van der Waals surface area contributed by atoms with Crippen molar-refractivity contribution >= 4 is 17.6 Å². The van der Waals surface area contributed by atoms with Crippen LogP contribution in [0.2, 0.25) is 0 Å². The molecule has 1 amide bonds. The zero-order valence-corrected chi connectivity index (χ0v) is 18.1. The Kier molecular flexibility index (Phi) is 7.44. The molecule has 1 N–H and O–H groups in total. The Morgan fingerprint density at radius 2 is 1.65 bits per heavy atom. The lowest BCUT2D eigenvalue weighted by Gasteiger charge is -2.19. The van der Waals surface area contributed by atoms with Crippen molar-refractivity contribution in [2.75, 3.05) is 12.4 Å². The Hall–Kier alpha value is -3.60. The standard InChI is InChI=1S/C26H27NO4/c1-18-13-14-19(2)22(17-18)27-26(29)25(21-10-5-4-6-11-21)31-24(28)16-15-20-9-7-8-12-23(20)30-3/h4-14,17,25H,15-16H2,1-3H3,(H,27,29). The average Bonchev–Trinajstić information content (AvgIpc) is 2.79. The summed E-state index contributed by atoms with van der Waals surface area (Å²) in [5.41, 5.74) is 4.21. The molecule has 3 aromatic rings. The summed E-state index contributed by atoms with van der Waals surface area (Å²) in [5, 5.41) is 2.91. The molecule has 0 fully saturated rings. The van der Waals surface area contributed by atoms with Gasteiger partial charge in [0.05, 0.1) is 7.11 Å². The van der Waals surface area contributed by atoms with Crippen molar-refractivity contribution in [2.24, 2.45) is 0 Å². The van der Waals surface area contributed by atoms with E-state index in [-0.39, 0.29) is 12.3 Å². The third-order valence-corrected chi connectivity index (χ3v) is 5.03. The van der Waals surface area contributed by atoms with Gasteiger partial charge in [-0.15, -0.1) is 0 Å². The summed E-state index contributed by atoms with van der Waals surface area (Å²) in [6, 6.07) is 22.4.